The largest absolute Gasteiger partial charge is 0.487 e. The first-order valence-electron chi connectivity index (χ1n) is 8.39. The second-order valence-corrected chi connectivity index (χ2v) is 7.49. The molecule has 0 atom stereocenters. The van der Waals surface area contributed by atoms with Crippen LogP contribution in [0.5, 0.6) is 5.75 Å². The summed E-state index contributed by atoms with van der Waals surface area (Å²) in [5.74, 6) is 0.501. The number of carbonyl (C=O) groups is 1. The summed E-state index contributed by atoms with van der Waals surface area (Å²) in [5, 5.41) is 3.38. The Morgan fingerprint density at radius 3 is 2.59 bits per heavy atom. The Balaban J connectivity index is 1.53. The summed E-state index contributed by atoms with van der Waals surface area (Å²) >= 11 is 9.80. The summed E-state index contributed by atoms with van der Waals surface area (Å²) in [6.07, 6.45) is 1.84. The molecule has 0 aromatic heterocycles. The molecule has 5 heteroatoms. The molecule has 1 N–H and O–H groups in total. The molecule has 0 bridgehead atoms. The van der Waals surface area contributed by atoms with Crippen LogP contribution in [-0.4, -0.2) is 5.91 Å². The first kappa shape index (κ1) is 17.8. The number of rotatable bonds is 4. The van der Waals surface area contributed by atoms with E-state index in [2.05, 4.69) is 21.2 Å². The van der Waals surface area contributed by atoms with E-state index in [9.17, 15) is 4.79 Å². The first-order valence-corrected chi connectivity index (χ1v) is 9.56. The van der Waals surface area contributed by atoms with Crippen LogP contribution < -0.4 is 10.1 Å². The van der Waals surface area contributed by atoms with Crippen molar-refractivity contribution in [2.24, 2.45) is 0 Å². The van der Waals surface area contributed by atoms with E-state index in [1.165, 1.54) is 0 Å². The second-order valence-electron chi connectivity index (χ2n) is 6.16. The van der Waals surface area contributed by atoms with Crippen molar-refractivity contribution in [1.29, 1.82) is 0 Å². The van der Waals surface area contributed by atoms with Crippen LogP contribution >= 0.6 is 27.5 Å². The van der Waals surface area contributed by atoms with Crippen LogP contribution in [-0.2, 0) is 11.4 Å². The standard InChI is InChI=1S/C22H15BrClNO2/c23-16-8-5-14(6-9-16)13-27-21-10-7-15(12-19(21)24)11-18-17-3-1-2-4-20(17)25-22(18)26/h1-12H,13H2,(H,25,26)/b18-11-. The highest BCUT2D eigenvalue weighted by Crippen LogP contribution is 2.34. The lowest BCUT2D eigenvalue weighted by Gasteiger charge is -2.09. The predicted octanol–water partition coefficient (Wildman–Crippen LogP) is 6.17. The average molecular weight is 441 g/mol. The van der Waals surface area contributed by atoms with E-state index >= 15 is 0 Å². The molecule has 0 unspecified atom stereocenters. The molecular formula is C22H15BrClNO2. The van der Waals surface area contributed by atoms with Gasteiger partial charge in [-0.3, -0.25) is 4.79 Å². The Morgan fingerprint density at radius 1 is 1.04 bits per heavy atom. The van der Waals surface area contributed by atoms with Crippen LogP contribution in [0.25, 0.3) is 11.6 Å². The van der Waals surface area contributed by atoms with Crippen LogP contribution in [0.4, 0.5) is 5.69 Å². The molecule has 27 heavy (non-hydrogen) atoms. The molecule has 1 amide bonds. The Bertz CT molecular complexity index is 1040. The summed E-state index contributed by atoms with van der Waals surface area (Å²) in [4.78, 5) is 12.2. The quantitative estimate of drug-likeness (QED) is 0.492. The molecule has 4 rings (SSSR count). The first-order chi connectivity index (χ1) is 13.1. The van der Waals surface area contributed by atoms with Gasteiger partial charge in [0, 0.05) is 21.3 Å². The van der Waals surface area contributed by atoms with Gasteiger partial charge < -0.3 is 10.1 Å². The van der Waals surface area contributed by atoms with Gasteiger partial charge in [-0.05, 0) is 47.5 Å². The van der Waals surface area contributed by atoms with Crippen LogP contribution in [0.3, 0.4) is 0 Å². The van der Waals surface area contributed by atoms with Crippen LogP contribution in [0.2, 0.25) is 5.02 Å². The Hall–Kier alpha value is -2.56. The van der Waals surface area contributed by atoms with Gasteiger partial charge in [0.05, 0.1) is 5.02 Å². The van der Waals surface area contributed by atoms with Gasteiger partial charge in [0.15, 0.2) is 0 Å². The predicted molar refractivity (Wildman–Crippen MR) is 113 cm³/mol. The molecule has 0 saturated heterocycles. The van der Waals surface area contributed by atoms with E-state index in [1.807, 2.05) is 66.7 Å². The molecule has 0 spiro atoms. The molecule has 0 fully saturated rings. The van der Waals surface area contributed by atoms with Gasteiger partial charge in [-0.2, -0.15) is 0 Å². The van der Waals surface area contributed by atoms with Crippen molar-refractivity contribution < 1.29 is 9.53 Å². The maximum absolute atomic E-state index is 12.2. The van der Waals surface area contributed by atoms with Gasteiger partial charge in [-0.15, -0.1) is 0 Å². The Kier molecular flexibility index (Phi) is 5.01. The topological polar surface area (TPSA) is 38.3 Å². The number of nitrogens with one attached hydrogen (secondary N) is 1. The van der Waals surface area contributed by atoms with Crippen LogP contribution in [0.15, 0.2) is 71.2 Å². The molecule has 1 aliphatic heterocycles. The number of amides is 1. The van der Waals surface area contributed by atoms with Gasteiger partial charge >= 0.3 is 0 Å². The van der Waals surface area contributed by atoms with Crippen LogP contribution in [0, 0.1) is 0 Å². The number of benzene rings is 3. The van der Waals surface area contributed by atoms with E-state index < -0.39 is 0 Å². The fourth-order valence-corrected chi connectivity index (χ4v) is 3.42. The number of halogens is 2. The third-order valence-electron chi connectivity index (χ3n) is 4.28. The number of fused-ring (bicyclic) bond motifs is 1. The fraction of sp³-hybridized carbons (Fsp3) is 0.0455. The summed E-state index contributed by atoms with van der Waals surface area (Å²) in [7, 11) is 0. The third-order valence-corrected chi connectivity index (χ3v) is 5.11. The molecule has 3 aromatic carbocycles. The van der Waals surface area contributed by atoms with E-state index in [0.29, 0.717) is 23.0 Å². The van der Waals surface area contributed by atoms with Crippen molar-refractivity contribution in [3.05, 3.63) is 92.9 Å². The summed E-state index contributed by atoms with van der Waals surface area (Å²) in [5.41, 5.74) is 4.26. The highest BCUT2D eigenvalue weighted by Gasteiger charge is 2.23. The van der Waals surface area contributed by atoms with Crippen molar-refractivity contribution in [3.8, 4) is 5.75 Å². The normalized spacial score (nSPS) is 14.1. The molecule has 1 heterocycles. The van der Waals surface area contributed by atoms with Gasteiger partial charge in [0.25, 0.3) is 5.91 Å². The smallest absolute Gasteiger partial charge is 0.256 e. The van der Waals surface area contributed by atoms with Gasteiger partial charge in [-0.25, -0.2) is 0 Å². The molecule has 1 aliphatic rings. The molecule has 0 radical (unpaired) electrons. The minimum atomic E-state index is -0.108. The SMILES string of the molecule is O=C1Nc2ccccc2/C1=C/c1ccc(OCc2ccc(Br)cc2)c(Cl)c1. The third kappa shape index (κ3) is 3.92. The van der Waals surface area contributed by atoms with Crippen molar-refractivity contribution in [2.45, 2.75) is 6.61 Å². The maximum atomic E-state index is 12.2. The zero-order valence-electron chi connectivity index (χ0n) is 14.2. The van der Waals surface area contributed by atoms with E-state index in [4.69, 9.17) is 16.3 Å². The lowest BCUT2D eigenvalue weighted by atomic mass is 10.0. The highest BCUT2D eigenvalue weighted by atomic mass is 79.9. The lowest BCUT2D eigenvalue weighted by molar-refractivity contribution is -0.110. The van der Waals surface area contributed by atoms with Crippen molar-refractivity contribution in [2.75, 3.05) is 5.32 Å². The molecule has 0 aliphatic carbocycles. The summed E-state index contributed by atoms with van der Waals surface area (Å²) in [6.45, 7) is 0.434. The maximum Gasteiger partial charge on any atom is 0.256 e. The van der Waals surface area contributed by atoms with Crippen molar-refractivity contribution in [1.82, 2.24) is 0 Å². The summed E-state index contributed by atoms with van der Waals surface area (Å²) in [6, 6.07) is 21.1. The number of para-hydroxylation sites is 1. The number of hydrogen-bond acceptors (Lipinski definition) is 2. The number of hydrogen-bond donors (Lipinski definition) is 1. The zero-order chi connectivity index (χ0) is 18.8. The lowest BCUT2D eigenvalue weighted by Crippen LogP contribution is -2.03. The molecule has 3 aromatic rings. The number of ether oxygens (including phenoxy) is 1. The van der Waals surface area contributed by atoms with E-state index in [0.717, 1.165) is 26.9 Å². The number of anilines is 1. The Morgan fingerprint density at radius 2 is 1.81 bits per heavy atom. The van der Waals surface area contributed by atoms with Crippen molar-refractivity contribution >= 4 is 50.8 Å². The molecule has 3 nitrogen and oxygen atoms in total. The van der Waals surface area contributed by atoms with E-state index in [1.54, 1.807) is 6.07 Å². The minimum absolute atomic E-state index is 0.108. The second kappa shape index (κ2) is 7.59. The van der Waals surface area contributed by atoms with Crippen molar-refractivity contribution in [3.63, 3.8) is 0 Å². The van der Waals surface area contributed by atoms with E-state index in [-0.39, 0.29) is 5.91 Å². The van der Waals surface area contributed by atoms with Gasteiger partial charge in [0.1, 0.15) is 12.4 Å². The molecular weight excluding hydrogens is 426 g/mol. The Labute approximate surface area is 170 Å². The zero-order valence-corrected chi connectivity index (χ0v) is 16.5. The number of carbonyl (C=O) groups excluding carboxylic acids is 1. The molecule has 0 saturated carbocycles. The van der Waals surface area contributed by atoms with Crippen LogP contribution in [0.1, 0.15) is 16.7 Å². The average Bonchev–Trinajstić information content (AvgIpc) is 2.98. The van der Waals surface area contributed by atoms with Gasteiger partial charge in [-0.1, -0.05) is 63.9 Å². The van der Waals surface area contributed by atoms with Gasteiger partial charge in [0.2, 0.25) is 0 Å². The monoisotopic (exact) mass is 439 g/mol. The highest BCUT2D eigenvalue weighted by molar-refractivity contribution is 9.10. The summed E-state index contributed by atoms with van der Waals surface area (Å²) < 4.78 is 6.84. The fourth-order valence-electron chi connectivity index (χ4n) is 2.91. The minimum Gasteiger partial charge on any atom is -0.487 e. The molecule has 134 valence electrons.